The zero-order valence-corrected chi connectivity index (χ0v) is 9.92. The van der Waals surface area contributed by atoms with Gasteiger partial charge in [-0.15, -0.1) is 0 Å². The minimum absolute atomic E-state index is 0.203. The summed E-state index contributed by atoms with van der Waals surface area (Å²) >= 11 is 0. The van der Waals surface area contributed by atoms with Gasteiger partial charge in [0.2, 0.25) is 5.91 Å². The van der Waals surface area contributed by atoms with Crippen molar-refractivity contribution in [2.45, 2.75) is 33.1 Å². The van der Waals surface area contributed by atoms with Gasteiger partial charge in [0.1, 0.15) is 0 Å². The standard InChI is InChI=1S/C11H24N2O2/c1-3-15-9-8-13-7-6-10(2)4-5-11(12)14/h10,13H,3-9H2,1-2H3,(H2,12,14). The van der Waals surface area contributed by atoms with Gasteiger partial charge in [-0.1, -0.05) is 6.92 Å². The SMILES string of the molecule is CCOCCNCCC(C)CCC(N)=O. The number of carbonyl (C=O) groups excluding carboxylic acids is 1. The number of hydrogen-bond acceptors (Lipinski definition) is 3. The van der Waals surface area contributed by atoms with E-state index in [0.717, 1.165) is 39.1 Å². The number of carbonyl (C=O) groups is 1. The number of primary amides is 1. The Kier molecular flexibility index (Phi) is 9.52. The van der Waals surface area contributed by atoms with Crippen LogP contribution in [0.3, 0.4) is 0 Å². The lowest BCUT2D eigenvalue weighted by molar-refractivity contribution is -0.118. The molecule has 0 saturated heterocycles. The lowest BCUT2D eigenvalue weighted by Gasteiger charge is -2.10. The molecule has 0 aromatic rings. The van der Waals surface area contributed by atoms with Crippen LogP contribution in [0, 0.1) is 5.92 Å². The van der Waals surface area contributed by atoms with E-state index in [2.05, 4.69) is 12.2 Å². The highest BCUT2D eigenvalue weighted by molar-refractivity contribution is 5.73. The second-order valence-corrected chi connectivity index (χ2v) is 3.85. The fraction of sp³-hybridized carbons (Fsp3) is 0.909. The summed E-state index contributed by atoms with van der Waals surface area (Å²) in [5.74, 6) is 0.350. The van der Waals surface area contributed by atoms with E-state index in [0.29, 0.717) is 12.3 Å². The van der Waals surface area contributed by atoms with Gasteiger partial charge in [-0.2, -0.15) is 0 Å². The van der Waals surface area contributed by atoms with Gasteiger partial charge < -0.3 is 15.8 Å². The molecule has 0 saturated carbocycles. The Morgan fingerprint density at radius 1 is 1.40 bits per heavy atom. The van der Waals surface area contributed by atoms with Crippen LogP contribution in [0.5, 0.6) is 0 Å². The summed E-state index contributed by atoms with van der Waals surface area (Å²) in [6.07, 6.45) is 2.47. The Morgan fingerprint density at radius 2 is 2.13 bits per heavy atom. The molecule has 1 unspecified atom stereocenters. The normalized spacial score (nSPS) is 12.7. The molecule has 4 heteroatoms. The highest BCUT2D eigenvalue weighted by atomic mass is 16.5. The molecule has 0 rings (SSSR count). The quantitative estimate of drug-likeness (QED) is 0.533. The van der Waals surface area contributed by atoms with E-state index in [1.165, 1.54) is 0 Å². The molecule has 15 heavy (non-hydrogen) atoms. The Balaban J connectivity index is 3.16. The molecule has 0 aliphatic rings. The topological polar surface area (TPSA) is 64.3 Å². The minimum atomic E-state index is -0.203. The third-order valence-corrected chi connectivity index (χ3v) is 2.32. The van der Waals surface area contributed by atoms with Crippen molar-refractivity contribution in [1.29, 1.82) is 0 Å². The molecule has 0 spiro atoms. The van der Waals surface area contributed by atoms with Gasteiger partial charge in [0, 0.05) is 19.6 Å². The fourth-order valence-electron chi connectivity index (χ4n) is 1.30. The Hall–Kier alpha value is -0.610. The van der Waals surface area contributed by atoms with Crippen LogP contribution in [0.25, 0.3) is 0 Å². The number of nitrogens with two attached hydrogens (primary N) is 1. The number of rotatable bonds is 10. The summed E-state index contributed by atoms with van der Waals surface area (Å²) < 4.78 is 5.20. The highest BCUT2D eigenvalue weighted by Gasteiger charge is 2.03. The lowest BCUT2D eigenvalue weighted by Crippen LogP contribution is -2.22. The lowest BCUT2D eigenvalue weighted by atomic mass is 10.0. The van der Waals surface area contributed by atoms with Gasteiger partial charge in [0.05, 0.1) is 6.61 Å². The van der Waals surface area contributed by atoms with Gasteiger partial charge in [-0.25, -0.2) is 0 Å². The molecule has 3 N–H and O–H groups in total. The molecule has 0 fully saturated rings. The zero-order valence-electron chi connectivity index (χ0n) is 9.92. The molecule has 0 heterocycles. The van der Waals surface area contributed by atoms with Crippen LogP contribution in [0.2, 0.25) is 0 Å². The van der Waals surface area contributed by atoms with E-state index in [4.69, 9.17) is 10.5 Å². The molecule has 4 nitrogen and oxygen atoms in total. The zero-order chi connectivity index (χ0) is 11.5. The molecule has 0 aromatic heterocycles. The first-order valence-corrected chi connectivity index (χ1v) is 5.73. The molecule has 90 valence electrons. The monoisotopic (exact) mass is 216 g/mol. The summed E-state index contributed by atoms with van der Waals surface area (Å²) in [4.78, 5) is 10.5. The number of hydrogen-bond donors (Lipinski definition) is 2. The molecule has 0 bridgehead atoms. The summed E-state index contributed by atoms with van der Waals surface area (Å²) in [7, 11) is 0. The summed E-state index contributed by atoms with van der Waals surface area (Å²) in [5.41, 5.74) is 5.08. The maximum absolute atomic E-state index is 10.5. The average Bonchev–Trinajstić information content (AvgIpc) is 2.20. The van der Waals surface area contributed by atoms with E-state index in [1.54, 1.807) is 0 Å². The summed E-state index contributed by atoms with van der Waals surface area (Å²) in [6.45, 7) is 7.56. The van der Waals surface area contributed by atoms with Crippen LogP contribution in [-0.4, -0.2) is 32.2 Å². The smallest absolute Gasteiger partial charge is 0.217 e. The van der Waals surface area contributed by atoms with Gasteiger partial charge in [-0.3, -0.25) is 4.79 Å². The van der Waals surface area contributed by atoms with Crippen LogP contribution in [0.1, 0.15) is 33.1 Å². The van der Waals surface area contributed by atoms with Crippen LogP contribution < -0.4 is 11.1 Å². The predicted molar refractivity (Wildman–Crippen MR) is 61.6 cm³/mol. The second kappa shape index (κ2) is 9.93. The van der Waals surface area contributed by atoms with Gasteiger partial charge in [-0.05, 0) is 32.2 Å². The Bertz CT molecular complexity index is 163. The third-order valence-electron chi connectivity index (χ3n) is 2.32. The molecular formula is C11H24N2O2. The first kappa shape index (κ1) is 14.4. The van der Waals surface area contributed by atoms with Gasteiger partial charge in [0.15, 0.2) is 0 Å². The van der Waals surface area contributed by atoms with E-state index in [-0.39, 0.29) is 5.91 Å². The van der Waals surface area contributed by atoms with Crippen LogP contribution >= 0.6 is 0 Å². The maximum Gasteiger partial charge on any atom is 0.217 e. The first-order valence-electron chi connectivity index (χ1n) is 5.73. The molecule has 0 radical (unpaired) electrons. The average molecular weight is 216 g/mol. The van der Waals surface area contributed by atoms with Crippen LogP contribution in [-0.2, 0) is 9.53 Å². The van der Waals surface area contributed by atoms with Crippen molar-refractivity contribution in [3.8, 4) is 0 Å². The fourth-order valence-corrected chi connectivity index (χ4v) is 1.30. The van der Waals surface area contributed by atoms with Crippen molar-refractivity contribution in [2.75, 3.05) is 26.3 Å². The van der Waals surface area contributed by atoms with Crippen molar-refractivity contribution >= 4 is 5.91 Å². The van der Waals surface area contributed by atoms with Crippen molar-refractivity contribution in [3.05, 3.63) is 0 Å². The summed E-state index contributed by atoms with van der Waals surface area (Å²) in [6, 6.07) is 0. The first-order chi connectivity index (χ1) is 7.16. The molecule has 0 aromatic carbocycles. The number of amides is 1. The number of ether oxygens (including phenoxy) is 1. The molecule has 1 atom stereocenters. The van der Waals surface area contributed by atoms with Crippen LogP contribution in [0.4, 0.5) is 0 Å². The van der Waals surface area contributed by atoms with E-state index in [9.17, 15) is 4.79 Å². The highest BCUT2D eigenvalue weighted by Crippen LogP contribution is 2.08. The Labute approximate surface area is 92.6 Å². The van der Waals surface area contributed by atoms with Crippen molar-refractivity contribution in [3.63, 3.8) is 0 Å². The van der Waals surface area contributed by atoms with E-state index < -0.39 is 0 Å². The Morgan fingerprint density at radius 3 is 2.73 bits per heavy atom. The molecule has 0 aliphatic heterocycles. The maximum atomic E-state index is 10.5. The van der Waals surface area contributed by atoms with Crippen molar-refractivity contribution < 1.29 is 9.53 Å². The molecule has 1 amide bonds. The van der Waals surface area contributed by atoms with Gasteiger partial charge in [0.25, 0.3) is 0 Å². The summed E-state index contributed by atoms with van der Waals surface area (Å²) in [5, 5.41) is 3.30. The van der Waals surface area contributed by atoms with Crippen molar-refractivity contribution in [1.82, 2.24) is 5.32 Å². The molecular weight excluding hydrogens is 192 g/mol. The minimum Gasteiger partial charge on any atom is -0.380 e. The largest absolute Gasteiger partial charge is 0.380 e. The third kappa shape index (κ3) is 11.3. The van der Waals surface area contributed by atoms with Crippen molar-refractivity contribution in [2.24, 2.45) is 11.7 Å². The van der Waals surface area contributed by atoms with Gasteiger partial charge >= 0.3 is 0 Å². The molecule has 0 aliphatic carbocycles. The van der Waals surface area contributed by atoms with Crippen LogP contribution in [0.15, 0.2) is 0 Å². The predicted octanol–water partition coefficient (Wildman–Crippen LogP) is 0.904. The number of nitrogens with one attached hydrogen (secondary N) is 1. The van der Waals surface area contributed by atoms with E-state index in [1.807, 2.05) is 6.92 Å². The second-order valence-electron chi connectivity index (χ2n) is 3.85. The van der Waals surface area contributed by atoms with E-state index >= 15 is 0 Å².